The molecule has 0 atom stereocenters. The number of carboxylic acid groups (broad SMARTS) is 2. The second-order valence-corrected chi connectivity index (χ2v) is 4.50. The molecule has 0 saturated heterocycles. The first-order chi connectivity index (χ1) is 8.40. The zero-order valence-electron chi connectivity index (χ0n) is 11.6. The van der Waals surface area contributed by atoms with Gasteiger partial charge >= 0.3 is 71.1 Å². The van der Waals surface area contributed by atoms with Gasteiger partial charge in [0, 0.05) is 10.5 Å². The van der Waals surface area contributed by atoms with Crippen molar-refractivity contribution in [2.75, 3.05) is 0 Å². The molecule has 1 rings (SSSR count). The number of rotatable bonds is 4. The molecule has 0 bridgehead atoms. The Morgan fingerprint density at radius 1 is 1.10 bits per heavy atom. The average Bonchev–Trinajstić information content (AvgIpc) is 2.26. The van der Waals surface area contributed by atoms with E-state index in [1.54, 1.807) is 24.3 Å². The maximum atomic E-state index is 11.1. The second kappa shape index (κ2) is 10.8. The average molecular weight is 357 g/mol. The molecule has 20 heavy (non-hydrogen) atoms. The summed E-state index contributed by atoms with van der Waals surface area (Å²) in [5.74, 6) is -2.33. The summed E-state index contributed by atoms with van der Waals surface area (Å²) in [7, 11) is 0. The molecule has 0 heterocycles. The Morgan fingerprint density at radius 3 is 2.00 bits per heavy atom. The molecule has 0 aromatic heterocycles. The Balaban J connectivity index is 0. The molecule has 0 spiro atoms. The van der Waals surface area contributed by atoms with Gasteiger partial charge in [0.05, 0.1) is 5.57 Å². The normalized spacial score (nSPS) is 11.1. The Morgan fingerprint density at radius 2 is 1.60 bits per heavy atom. The molecule has 1 aromatic carbocycles. The van der Waals surface area contributed by atoms with E-state index in [-0.39, 0.29) is 70.3 Å². The van der Waals surface area contributed by atoms with Gasteiger partial charge in [-0.15, -0.1) is 0 Å². The molecule has 0 aliphatic rings. The molecule has 0 aliphatic carbocycles. The van der Waals surface area contributed by atoms with Crippen LogP contribution in [0.25, 0.3) is 6.08 Å². The van der Waals surface area contributed by atoms with E-state index in [2.05, 4.69) is 15.9 Å². The third-order valence-corrected chi connectivity index (χ3v) is 2.70. The van der Waals surface area contributed by atoms with Gasteiger partial charge < -0.3 is 10.2 Å². The van der Waals surface area contributed by atoms with Crippen LogP contribution in [0.4, 0.5) is 0 Å². The van der Waals surface area contributed by atoms with Crippen molar-refractivity contribution in [1.82, 2.24) is 0 Å². The van der Waals surface area contributed by atoms with Gasteiger partial charge in [-0.1, -0.05) is 28.1 Å². The number of halogens is 1. The van der Waals surface area contributed by atoms with Gasteiger partial charge in [0.1, 0.15) is 0 Å². The maximum Gasteiger partial charge on any atom is 1.00 e. The summed E-state index contributed by atoms with van der Waals surface area (Å²) in [5, 5.41) is 17.7. The van der Waals surface area contributed by atoms with E-state index < -0.39 is 11.9 Å². The topological polar surface area (TPSA) is 74.6 Å². The second-order valence-electron chi connectivity index (χ2n) is 3.58. The standard InChI is InChI=1S/C13H11BrO4.2Na/c1-8(6-12(15)16)11(13(17)18)7-9-2-4-10(14)5-3-9;;/h2-7H,1H3,(H,15,16)(H,17,18);;/q;2*+1/b8-6+,11-7+;;. The molecule has 0 unspecified atom stereocenters. The minimum absolute atomic E-state index is 0. The number of hydrogen-bond acceptors (Lipinski definition) is 2. The molecule has 94 valence electrons. The Bertz CT molecular complexity index is 536. The predicted molar refractivity (Wildman–Crippen MR) is 71.1 cm³/mol. The minimum atomic E-state index is -1.17. The van der Waals surface area contributed by atoms with E-state index >= 15 is 0 Å². The van der Waals surface area contributed by atoms with Gasteiger partial charge in [0.15, 0.2) is 0 Å². The van der Waals surface area contributed by atoms with Crippen molar-refractivity contribution < 1.29 is 78.9 Å². The Hall–Kier alpha value is 0.120. The van der Waals surface area contributed by atoms with Gasteiger partial charge in [-0.3, -0.25) is 0 Å². The van der Waals surface area contributed by atoms with Crippen LogP contribution in [-0.2, 0) is 9.59 Å². The first kappa shape index (κ1) is 22.4. The Labute approximate surface area is 169 Å². The van der Waals surface area contributed by atoms with Crippen LogP contribution in [0.3, 0.4) is 0 Å². The van der Waals surface area contributed by atoms with E-state index in [1.807, 2.05) is 0 Å². The molecular weight excluding hydrogens is 346 g/mol. The van der Waals surface area contributed by atoms with Gasteiger partial charge in [0.2, 0.25) is 0 Å². The summed E-state index contributed by atoms with van der Waals surface area (Å²) in [6, 6.07) is 7.03. The van der Waals surface area contributed by atoms with Crippen molar-refractivity contribution in [2.45, 2.75) is 6.92 Å². The smallest absolute Gasteiger partial charge is 0.478 e. The van der Waals surface area contributed by atoms with Gasteiger partial charge in [0.25, 0.3) is 0 Å². The van der Waals surface area contributed by atoms with Crippen molar-refractivity contribution in [3.8, 4) is 0 Å². The van der Waals surface area contributed by atoms with E-state index in [9.17, 15) is 9.59 Å². The van der Waals surface area contributed by atoms with Crippen LogP contribution in [0.15, 0.2) is 46.0 Å². The summed E-state index contributed by atoms with van der Waals surface area (Å²) >= 11 is 3.28. The van der Waals surface area contributed by atoms with Gasteiger partial charge in [-0.25, -0.2) is 9.59 Å². The number of aliphatic carboxylic acids is 2. The van der Waals surface area contributed by atoms with Crippen LogP contribution in [0, 0.1) is 0 Å². The first-order valence-electron chi connectivity index (χ1n) is 5.02. The third-order valence-electron chi connectivity index (χ3n) is 2.18. The summed E-state index contributed by atoms with van der Waals surface area (Å²) in [4.78, 5) is 21.6. The van der Waals surface area contributed by atoms with Crippen molar-refractivity contribution in [1.29, 1.82) is 0 Å². The van der Waals surface area contributed by atoms with E-state index in [4.69, 9.17) is 10.2 Å². The quantitative estimate of drug-likeness (QED) is 0.341. The molecule has 4 nitrogen and oxygen atoms in total. The van der Waals surface area contributed by atoms with Crippen molar-refractivity contribution >= 4 is 33.9 Å². The van der Waals surface area contributed by atoms with Crippen LogP contribution >= 0.6 is 15.9 Å². The van der Waals surface area contributed by atoms with E-state index in [0.717, 1.165) is 10.5 Å². The minimum Gasteiger partial charge on any atom is -0.478 e. The Kier molecular flexibility index (Phi) is 12.1. The number of benzene rings is 1. The third kappa shape index (κ3) is 7.78. The van der Waals surface area contributed by atoms with Crippen molar-refractivity contribution in [2.24, 2.45) is 0 Å². The zero-order chi connectivity index (χ0) is 13.7. The van der Waals surface area contributed by atoms with Gasteiger partial charge in [-0.05, 0) is 36.3 Å². The van der Waals surface area contributed by atoms with Crippen LogP contribution in [0.5, 0.6) is 0 Å². The monoisotopic (exact) mass is 356 g/mol. The molecule has 0 aliphatic heterocycles. The molecule has 2 N–H and O–H groups in total. The largest absolute Gasteiger partial charge is 1.00 e. The number of carbonyl (C=O) groups is 2. The summed E-state index contributed by atoms with van der Waals surface area (Å²) in [6.45, 7) is 1.45. The first-order valence-corrected chi connectivity index (χ1v) is 5.81. The summed E-state index contributed by atoms with van der Waals surface area (Å²) in [5.41, 5.74) is 0.839. The molecule has 0 amide bonds. The van der Waals surface area contributed by atoms with Crippen molar-refractivity contribution in [3.63, 3.8) is 0 Å². The summed E-state index contributed by atoms with van der Waals surface area (Å²) < 4.78 is 0.884. The molecular formula is C13H11BrNa2O4+2. The van der Waals surface area contributed by atoms with Crippen LogP contribution < -0.4 is 59.1 Å². The van der Waals surface area contributed by atoms with Crippen LogP contribution in [-0.4, -0.2) is 22.2 Å². The molecule has 7 heteroatoms. The fourth-order valence-corrected chi connectivity index (χ4v) is 1.60. The molecule has 0 fully saturated rings. The van der Waals surface area contributed by atoms with Crippen LogP contribution in [0.2, 0.25) is 0 Å². The van der Waals surface area contributed by atoms with Crippen LogP contribution in [0.1, 0.15) is 12.5 Å². The van der Waals surface area contributed by atoms with Crippen molar-refractivity contribution in [3.05, 3.63) is 51.5 Å². The fraction of sp³-hybridized carbons (Fsp3) is 0.0769. The van der Waals surface area contributed by atoms with E-state index in [0.29, 0.717) is 5.56 Å². The number of hydrogen-bond donors (Lipinski definition) is 2. The van der Waals surface area contributed by atoms with E-state index in [1.165, 1.54) is 13.0 Å². The maximum absolute atomic E-state index is 11.1. The molecule has 1 aromatic rings. The number of carboxylic acids is 2. The van der Waals surface area contributed by atoms with Gasteiger partial charge in [-0.2, -0.15) is 0 Å². The zero-order valence-corrected chi connectivity index (χ0v) is 17.1. The molecule has 0 radical (unpaired) electrons. The molecule has 0 saturated carbocycles. The fourth-order valence-electron chi connectivity index (χ4n) is 1.33. The SMILES string of the molecule is CC(=C\C(=O)O)/C(=C\c1ccc(Br)cc1)C(=O)O.[Na+].[Na+]. The summed E-state index contributed by atoms with van der Waals surface area (Å²) in [6.07, 6.45) is 2.31. The predicted octanol–water partition coefficient (Wildman–Crippen LogP) is -3.04.